The second-order valence-electron chi connectivity index (χ2n) is 12.4. The maximum absolute atomic E-state index is 14.2. The van der Waals surface area contributed by atoms with Gasteiger partial charge in [-0.05, 0) is 23.3 Å². The van der Waals surface area contributed by atoms with Crippen LogP contribution in [-0.4, -0.2) is 64.1 Å². The predicted octanol–water partition coefficient (Wildman–Crippen LogP) is 4.14. The number of nitrogens with zero attached hydrogens (tertiary/aromatic N) is 5. The molecule has 7 rings (SSSR count). The molecule has 0 unspecified atom stereocenters. The number of alkyl halides is 2. The van der Waals surface area contributed by atoms with Gasteiger partial charge in [0, 0.05) is 49.5 Å². The van der Waals surface area contributed by atoms with Crippen LogP contribution in [-0.2, 0) is 36.1 Å². The summed E-state index contributed by atoms with van der Waals surface area (Å²) in [5.74, 6) is -2.51. The van der Waals surface area contributed by atoms with Gasteiger partial charge < -0.3 is 19.1 Å². The van der Waals surface area contributed by atoms with Crippen LogP contribution in [0, 0.1) is 0 Å². The van der Waals surface area contributed by atoms with Crippen molar-refractivity contribution < 1.29 is 24.2 Å². The van der Waals surface area contributed by atoms with Gasteiger partial charge in [0.1, 0.15) is 31.3 Å². The second kappa shape index (κ2) is 12.3. The van der Waals surface area contributed by atoms with Crippen molar-refractivity contribution in [1.82, 2.24) is 23.5 Å². The summed E-state index contributed by atoms with van der Waals surface area (Å²) in [6.07, 6.45) is 1.10. The molecule has 3 heterocycles. The van der Waals surface area contributed by atoms with E-state index in [4.69, 9.17) is 67.5 Å². The Hall–Kier alpha value is -4.01. The van der Waals surface area contributed by atoms with Crippen LogP contribution in [0.25, 0.3) is 11.0 Å². The van der Waals surface area contributed by atoms with Crippen molar-refractivity contribution in [3.8, 4) is 17.2 Å². The first-order chi connectivity index (χ1) is 24.1. The SMILES string of the molecule is COc1cc2nc(CCn3c(=O)n4n(c3=O)[C@@H]3C[C@@]5(Cl)C(=O)C(Cl)=C(Cl)C(=O)[C@@]5(Cl)[C@@H](c5ccc(O)cc5Cl)C3=CC4)c(=O)n(C)c2cc1OC. The Labute approximate surface area is 312 Å². The summed E-state index contributed by atoms with van der Waals surface area (Å²) in [6.45, 7) is -0.362. The number of aromatic hydroxyl groups is 1. The zero-order valence-electron chi connectivity index (χ0n) is 26.9. The molecule has 1 fully saturated rings. The largest absolute Gasteiger partial charge is 0.508 e. The molecule has 2 aromatic heterocycles. The topological polar surface area (TPSA) is 157 Å². The van der Waals surface area contributed by atoms with Gasteiger partial charge in [-0.3, -0.25) is 14.4 Å². The van der Waals surface area contributed by atoms with Crippen LogP contribution in [0.5, 0.6) is 17.2 Å². The van der Waals surface area contributed by atoms with Crippen LogP contribution in [0.2, 0.25) is 5.02 Å². The number of Topliss-reactive ketones (excluding diaryl/α,β-unsaturated/α-hetero) is 2. The van der Waals surface area contributed by atoms with Crippen LogP contribution in [0.4, 0.5) is 0 Å². The number of ether oxygens (including phenoxy) is 2. The van der Waals surface area contributed by atoms with Crippen LogP contribution < -0.4 is 26.4 Å². The molecular weight excluding hydrogens is 772 g/mol. The molecule has 1 saturated carbocycles. The average Bonchev–Trinajstić information content (AvgIpc) is 3.36. The highest BCUT2D eigenvalue weighted by Crippen LogP contribution is 2.64. The van der Waals surface area contributed by atoms with Gasteiger partial charge in [0.15, 0.2) is 23.1 Å². The molecular formula is C33H26Cl5N5O8. The number of aromatic nitrogens is 5. The molecule has 3 aliphatic rings. The van der Waals surface area contributed by atoms with E-state index in [2.05, 4.69) is 4.98 Å². The normalized spacial score (nSPS) is 24.3. The lowest BCUT2D eigenvalue weighted by Crippen LogP contribution is -2.67. The summed E-state index contributed by atoms with van der Waals surface area (Å²) in [5.41, 5.74) is -0.332. The van der Waals surface area contributed by atoms with Crippen LogP contribution in [0.15, 0.2) is 66.4 Å². The number of ketones is 2. The molecule has 1 N–H and O–H groups in total. The lowest BCUT2D eigenvalue weighted by atomic mass is 9.59. The maximum atomic E-state index is 14.2. The minimum Gasteiger partial charge on any atom is -0.508 e. The van der Waals surface area contributed by atoms with Crippen LogP contribution in [0.3, 0.4) is 0 Å². The van der Waals surface area contributed by atoms with Crippen LogP contribution >= 0.6 is 58.0 Å². The fourth-order valence-corrected chi connectivity index (χ4v) is 9.19. The van der Waals surface area contributed by atoms with Crippen molar-refractivity contribution in [1.29, 1.82) is 0 Å². The summed E-state index contributed by atoms with van der Waals surface area (Å²) in [5, 5.41) is 8.87. The van der Waals surface area contributed by atoms with Gasteiger partial charge in [0.2, 0.25) is 0 Å². The Kier molecular flexibility index (Phi) is 8.54. The Morgan fingerprint density at radius 1 is 0.941 bits per heavy atom. The van der Waals surface area contributed by atoms with E-state index >= 15 is 0 Å². The van der Waals surface area contributed by atoms with Crippen molar-refractivity contribution in [3.05, 3.63) is 99.6 Å². The molecule has 1 aliphatic heterocycles. The number of aryl methyl sites for hydroxylation is 2. The zero-order valence-corrected chi connectivity index (χ0v) is 30.7. The number of methoxy groups -OCH3 is 2. The minimum atomic E-state index is -2.27. The maximum Gasteiger partial charge on any atom is 0.347 e. The molecule has 0 spiro atoms. The van der Waals surface area contributed by atoms with Crippen molar-refractivity contribution in [2.45, 2.75) is 47.6 Å². The molecule has 0 radical (unpaired) electrons. The summed E-state index contributed by atoms with van der Waals surface area (Å²) in [6, 6.07) is 6.13. The first kappa shape index (κ1) is 35.4. The van der Waals surface area contributed by atoms with E-state index in [-0.39, 0.29) is 41.5 Å². The molecule has 0 amide bonds. The fraction of sp³-hybridized carbons (Fsp3) is 0.333. The van der Waals surface area contributed by atoms with E-state index in [1.165, 1.54) is 41.7 Å². The third-order valence-electron chi connectivity index (χ3n) is 9.90. The van der Waals surface area contributed by atoms with Gasteiger partial charge in [-0.15, -0.1) is 23.2 Å². The van der Waals surface area contributed by atoms with E-state index in [1.54, 1.807) is 25.3 Å². The van der Waals surface area contributed by atoms with Gasteiger partial charge in [0.25, 0.3) is 5.56 Å². The molecule has 51 heavy (non-hydrogen) atoms. The molecule has 266 valence electrons. The first-order valence-electron chi connectivity index (χ1n) is 15.4. The van der Waals surface area contributed by atoms with E-state index < -0.39 is 66.7 Å². The van der Waals surface area contributed by atoms with Gasteiger partial charge in [-0.25, -0.2) is 28.5 Å². The van der Waals surface area contributed by atoms with Gasteiger partial charge in [-0.1, -0.05) is 46.9 Å². The lowest BCUT2D eigenvalue weighted by Gasteiger charge is -2.54. The number of rotatable bonds is 6. The minimum absolute atomic E-state index is 0.00831. The summed E-state index contributed by atoms with van der Waals surface area (Å²) >= 11 is 33.5. The van der Waals surface area contributed by atoms with E-state index in [1.807, 2.05) is 0 Å². The Morgan fingerprint density at radius 3 is 2.27 bits per heavy atom. The van der Waals surface area contributed by atoms with E-state index in [0.717, 1.165) is 9.25 Å². The monoisotopic (exact) mass is 795 g/mol. The highest BCUT2D eigenvalue weighted by Gasteiger charge is 2.71. The molecule has 2 aromatic carbocycles. The summed E-state index contributed by atoms with van der Waals surface area (Å²) in [7, 11) is 4.51. The Morgan fingerprint density at radius 2 is 1.61 bits per heavy atom. The number of carbonyl (C=O) groups is 2. The highest BCUT2D eigenvalue weighted by molar-refractivity contribution is 6.66. The van der Waals surface area contributed by atoms with Gasteiger partial charge in [0.05, 0.1) is 37.8 Å². The molecule has 18 heteroatoms. The quantitative estimate of drug-likeness (QED) is 0.224. The molecule has 0 bridgehead atoms. The number of hydrogen-bond acceptors (Lipinski definition) is 9. The number of hydrogen-bond donors (Lipinski definition) is 1. The average molecular weight is 798 g/mol. The molecule has 4 aromatic rings. The van der Waals surface area contributed by atoms with Crippen LogP contribution in [0.1, 0.15) is 29.6 Å². The van der Waals surface area contributed by atoms with E-state index in [0.29, 0.717) is 28.1 Å². The van der Waals surface area contributed by atoms with Crippen molar-refractivity contribution >= 4 is 80.6 Å². The molecule has 0 saturated heterocycles. The Balaban J connectivity index is 1.34. The number of allylic oxidation sites excluding steroid dienone is 4. The van der Waals surface area contributed by atoms with Crippen molar-refractivity contribution in [3.63, 3.8) is 0 Å². The standard InChI is InChI=1S/C33H26Cl5N5O8/c1-40-20-12-23(51-3)22(50-2)11-19(20)39-18(29(40)47)7-8-41-30(48)42-9-6-16-21(43(42)31(41)49)13-32(37)27(45)25(35)26(36)28(46)33(32,38)24(16)15-5-4-14(44)10-17(15)34/h4-6,10-12,21,24,44H,7-9,13H2,1-3H3/t21-,24+,32-,33+/m1/s1. The number of fused-ring (bicyclic) bond motifs is 5. The molecule has 4 atom stereocenters. The third kappa shape index (κ3) is 4.88. The number of carbonyl (C=O) groups excluding carboxylic acids is 2. The van der Waals surface area contributed by atoms with Crippen molar-refractivity contribution in [2.24, 2.45) is 7.05 Å². The number of phenolic OH excluding ortho intramolecular Hbond substituents is 1. The van der Waals surface area contributed by atoms with Gasteiger partial charge in [-0.2, -0.15) is 0 Å². The molecule has 2 aliphatic carbocycles. The summed E-state index contributed by atoms with van der Waals surface area (Å²) < 4.78 is 15.4. The number of phenols is 1. The van der Waals surface area contributed by atoms with Crippen molar-refractivity contribution in [2.75, 3.05) is 14.2 Å². The smallest absolute Gasteiger partial charge is 0.347 e. The Bertz CT molecular complexity index is 2480. The lowest BCUT2D eigenvalue weighted by molar-refractivity contribution is -0.128. The first-order valence-corrected chi connectivity index (χ1v) is 17.2. The summed E-state index contributed by atoms with van der Waals surface area (Å²) in [4.78, 5) is 69.1. The van der Waals surface area contributed by atoms with E-state index in [9.17, 15) is 29.1 Å². The molecule has 13 nitrogen and oxygen atoms in total. The fourth-order valence-electron chi connectivity index (χ4n) is 7.39. The zero-order chi connectivity index (χ0) is 36.9. The van der Waals surface area contributed by atoms with Gasteiger partial charge >= 0.3 is 11.4 Å². The number of halogens is 5. The second-order valence-corrected chi connectivity index (χ2v) is 14.8. The highest BCUT2D eigenvalue weighted by atomic mass is 35.5. The third-order valence-corrected chi connectivity index (χ3v) is 12.5. The number of benzene rings is 2. The predicted molar refractivity (Wildman–Crippen MR) is 190 cm³/mol.